The van der Waals surface area contributed by atoms with E-state index in [1.54, 1.807) is 0 Å². The Hall–Kier alpha value is -1.75. The minimum Gasteiger partial charge on any atom is -0.454 e. The van der Waals surface area contributed by atoms with Gasteiger partial charge in [0.15, 0.2) is 11.5 Å². The highest BCUT2D eigenvalue weighted by Gasteiger charge is 2.31. The largest absolute Gasteiger partial charge is 0.454 e. The van der Waals surface area contributed by atoms with Crippen LogP contribution < -0.4 is 9.47 Å². The van der Waals surface area contributed by atoms with Crippen molar-refractivity contribution in [3.8, 4) is 11.5 Å². The molecule has 0 aromatic heterocycles. The van der Waals surface area contributed by atoms with Crippen LogP contribution in [0, 0.1) is 0 Å². The van der Waals surface area contributed by atoms with Gasteiger partial charge in [0.05, 0.1) is 5.56 Å². The van der Waals surface area contributed by atoms with E-state index >= 15 is 0 Å². The van der Waals surface area contributed by atoms with Gasteiger partial charge >= 0.3 is 0 Å². The second-order valence-corrected chi connectivity index (χ2v) is 5.95. The Morgan fingerprint density at radius 1 is 1.33 bits per heavy atom. The summed E-state index contributed by atoms with van der Waals surface area (Å²) in [4.78, 5) is 17.1. The number of likely N-dealkylation sites (N-methyl/N-ethyl adjacent to an activating group) is 1. The molecule has 0 saturated carbocycles. The Balaban J connectivity index is 1.85. The van der Waals surface area contributed by atoms with E-state index in [9.17, 15) is 4.79 Å². The van der Waals surface area contributed by atoms with Crippen LogP contribution in [0.5, 0.6) is 11.5 Å². The Kier molecular flexibility index (Phi) is 4.01. The molecule has 2 aliphatic heterocycles. The van der Waals surface area contributed by atoms with Gasteiger partial charge in [0.1, 0.15) is 0 Å². The lowest BCUT2D eigenvalue weighted by atomic mass is 10.00. The molecule has 0 N–H and O–H groups in total. The van der Waals surface area contributed by atoms with E-state index in [0.29, 0.717) is 17.1 Å². The van der Waals surface area contributed by atoms with Crippen LogP contribution >= 0.6 is 0 Å². The molecule has 0 aliphatic carbocycles. The Labute approximate surface area is 125 Å². The quantitative estimate of drug-likeness (QED) is 0.853. The molecule has 2 heterocycles. The number of hydrogen-bond donors (Lipinski definition) is 0. The molecule has 3 rings (SSSR count). The lowest BCUT2D eigenvalue weighted by Gasteiger charge is -2.37. The van der Waals surface area contributed by atoms with Gasteiger partial charge in [0.2, 0.25) is 6.79 Å². The molecule has 1 aromatic carbocycles. The number of carbonyl (C=O) groups excluding carboxylic acids is 1. The van der Waals surface area contributed by atoms with Gasteiger partial charge in [-0.3, -0.25) is 4.79 Å². The van der Waals surface area contributed by atoms with E-state index in [0.717, 1.165) is 25.9 Å². The smallest absolute Gasteiger partial charge is 0.258 e. The highest BCUT2D eigenvalue weighted by atomic mass is 16.7. The third kappa shape index (κ3) is 2.83. The number of amides is 1. The van der Waals surface area contributed by atoms with Crippen molar-refractivity contribution in [1.82, 2.24) is 9.80 Å². The van der Waals surface area contributed by atoms with Gasteiger partial charge in [-0.1, -0.05) is 6.07 Å². The minimum atomic E-state index is 0.0592. The lowest BCUT2D eigenvalue weighted by molar-refractivity contribution is 0.0570. The van der Waals surface area contributed by atoms with E-state index in [1.165, 1.54) is 6.42 Å². The summed E-state index contributed by atoms with van der Waals surface area (Å²) in [5.74, 6) is 1.32. The number of benzene rings is 1. The number of carbonyl (C=O) groups is 1. The number of likely N-dealkylation sites (tertiary alicyclic amines) is 1. The molecule has 0 radical (unpaired) electrons. The normalized spacial score (nSPS) is 20.9. The van der Waals surface area contributed by atoms with Crippen LogP contribution in [-0.2, 0) is 0 Å². The predicted octanol–water partition coefficient (Wildman–Crippen LogP) is 1.97. The number of hydrogen-bond acceptors (Lipinski definition) is 4. The monoisotopic (exact) mass is 290 g/mol. The highest BCUT2D eigenvalue weighted by Crippen LogP contribution is 2.36. The average Bonchev–Trinajstić information content (AvgIpc) is 2.95. The summed E-state index contributed by atoms with van der Waals surface area (Å²) in [6, 6.07) is 5.80. The molecule has 0 unspecified atom stereocenters. The number of nitrogens with zero attached hydrogens (tertiary/aromatic N) is 2. The fraction of sp³-hybridized carbons (Fsp3) is 0.562. The summed E-state index contributed by atoms with van der Waals surface area (Å²) >= 11 is 0. The van der Waals surface area contributed by atoms with Crippen LogP contribution in [0.15, 0.2) is 18.2 Å². The Bertz CT molecular complexity index is 530. The van der Waals surface area contributed by atoms with Crippen molar-refractivity contribution in [1.29, 1.82) is 0 Å². The topological polar surface area (TPSA) is 42.0 Å². The zero-order chi connectivity index (χ0) is 14.8. The van der Waals surface area contributed by atoms with Gasteiger partial charge in [-0.25, -0.2) is 0 Å². The molecule has 1 fully saturated rings. The van der Waals surface area contributed by atoms with Gasteiger partial charge in [0, 0.05) is 19.1 Å². The van der Waals surface area contributed by atoms with Gasteiger partial charge < -0.3 is 19.3 Å². The van der Waals surface area contributed by atoms with E-state index in [2.05, 4.69) is 19.0 Å². The summed E-state index contributed by atoms with van der Waals surface area (Å²) < 4.78 is 10.8. The molecule has 21 heavy (non-hydrogen) atoms. The van der Waals surface area contributed by atoms with Crippen LogP contribution in [-0.4, -0.2) is 55.7 Å². The van der Waals surface area contributed by atoms with Gasteiger partial charge in [0.25, 0.3) is 5.91 Å². The molecule has 1 atom stereocenters. The first-order chi connectivity index (χ1) is 10.2. The first kappa shape index (κ1) is 14.2. The standard InChI is InChI=1S/C16H22N2O3/c1-17(2)10-12-6-3-4-9-18(12)16(19)13-7-5-8-14-15(13)21-11-20-14/h5,7-8,12H,3-4,6,9-11H2,1-2H3/t12-/m0/s1. The van der Waals surface area contributed by atoms with Gasteiger partial charge in [-0.05, 0) is 45.5 Å². The van der Waals surface area contributed by atoms with Crippen molar-refractivity contribution in [2.24, 2.45) is 0 Å². The molecule has 1 aromatic rings. The third-order valence-corrected chi connectivity index (χ3v) is 4.09. The van der Waals surface area contributed by atoms with Crippen LogP contribution in [0.2, 0.25) is 0 Å². The van der Waals surface area contributed by atoms with E-state index < -0.39 is 0 Å². The number of para-hydroxylation sites is 1. The molecular formula is C16H22N2O3. The van der Waals surface area contributed by atoms with Gasteiger partial charge in [-0.15, -0.1) is 0 Å². The van der Waals surface area contributed by atoms with E-state index in [4.69, 9.17) is 9.47 Å². The maximum Gasteiger partial charge on any atom is 0.258 e. The zero-order valence-corrected chi connectivity index (χ0v) is 12.7. The summed E-state index contributed by atoms with van der Waals surface area (Å²) in [7, 11) is 4.10. The number of ether oxygens (including phenoxy) is 2. The zero-order valence-electron chi connectivity index (χ0n) is 12.7. The molecule has 5 heteroatoms. The average molecular weight is 290 g/mol. The fourth-order valence-corrected chi connectivity index (χ4v) is 3.13. The van der Waals surface area contributed by atoms with Crippen LogP contribution in [0.3, 0.4) is 0 Å². The van der Waals surface area contributed by atoms with Crippen LogP contribution in [0.25, 0.3) is 0 Å². The molecule has 5 nitrogen and oxygen atoms in total. The molecular weight excluding hydrogens is 268 g/mol. The molecule has 1 saturated heterocycles. The summed E-state index contributed by atoms with van der Waals surface area (Å²) in [5, 5.41) is 0. The Morgan fingerprint density at radius 3 is 3.00 bits per heavy atom. The minimum absolute atomic E-state index is 0.0592. The van der Waals surface area contributed by atoms with Crippen molar-refractivity contribution in [3.63, 3.8) is 0 Å². The second-order valence-electron chi connectivity index (χ2n) is 5.95. The summed E-state index contributed by atoms with van der Waals surface area (Å²) in [6.07, 6.45) is 3.33. The predicted molar refractivity (Wildman–Crippen MR) is 79.8 cm³/mol. The third-order valence-electron chi connectivity index (χ3n) is 4.09. The second kappa shape index (κ2) is 5.93. The fourth-order valence-electron chi connectivity index (χ4n) is 3.13. The van der Waals surface area contributed by atoms with Crippen LogP contribution in [0.1, 0.15) is 29.6 Å². The van der Waals surface area contributed by atoms with Crippen LogP contribution in [0.4, 0.5) is 0 Å². The van der Waals surface area contributed by atoms with Crippen molar-refractivity contribution >= 4 is 5.91 Å². The summed E-state index contributed by atoms with van der Waals surface area (Å²) in [6.45, 7) is 1.92. The van der Waals surface area contributed by atoms with Gasteiger partial charge in [-0.2, -0.15) is 0 Å². The van der Waals surface area contributed by atoms with Crippen molar-refractivity contribution < 1.29 is 14.3 Å². The van der Waals surface area contributed by atoms with Crippen molar-refractivity contribution in [3.05, 3.63) is 23.8 Å². The van der Waals surface area contributed by atoms with E-state index in [1.807, 2.05) is 23.1 Å². The highest BCUT2D eigenvalue weighted by molar-refractivity contribution is 5.98. The first-order valence-corrected chi connectivity index (χ1v) is 7.51. The summed E-state index contributed by atoms with van der Waals surface area (Å²) in [5.41, 5.74) is 0.621. The molecule has 2 aliphatic rings. The number of rotatable bonds is 3. The Morgan fingerprint density at radius 2 is 2.19 bits per heavy atom. The number of piperidine rings is 1. The molecule has 114 valence electrons. The first-order valence-electron chi connectivity index (χ1n) is 7.51. The maximum absolute atomic E-state index is 12.9. The molecule has 0 spiro atoms. The van der Waals surface area contributed by atoms with Crippen molar-refractivity contribution in [2.45, 2.75) is 25.3 Å². The molecule has 0 bridgehead atoms. The SMILES string of the molecule is CN(C)C[C@@H]1CCCCN1C(=O)c1cccc2c1OCO2. The van der Waals surface area contributed by atoms with E-state index in [-0.39, 0.29) is 18.7 Å². The maximum atomic E-state index is 12.9. The molecule has 1 amide bonds. The number of fused-ring (bicyclic) bond motifs is 1. The van der Waals surface area contributed by atoms with Crippen molar-refractivity contribution in [2.75, 3.05) is 34.0 Å². The lowest BCUT2D eigenvalue weighted by Crippen LogP contribution is -2.48.